The molecule has 0 radical (unpaired) electrons. The van der Waals surface area contributed by atoms with Gasteiger partial charge in [0.1, 0.15) is 12.4 Å². The molecule has 0 spiro atoms. The van der Waals surface area contributed by atoms with Gasteiger partial charge in [-0.3, -0.25) is 0 Å². The number of nitrogens with one attached hydrogen (secondary N) is 1. The fraction of sp³-hybridized carbons (Fsp3) is 0.556. The summed E-state index contributed by atoms with van der Waals surface area (Å²) in [6, 6.07) is 8.17. The predicted octanol–water partition coefficient (Wildman–Crippen LogP) is 0.946. The first-order valence-electron chi connectivity index (χ1n) is 8.78. The third-order valence-corrected chi connectivity index (χ3v) is 6.79. The summed E-state index contributed by atoms with van der Waals surface area (Å²) in [5.74, 6) is -0.687. The summed E-state index contributed by atoms with van der Waals surface area (Å²) in [7, 11) is -2.08. The van der Waals surface area contributed by atoms with Crippen LogP contribution in [0.15, 0.2) is 35.2 Å². The summed E-state index contributed by atoms with van der Waals surface area (Å²) in [6.07, 6.45) is -1.25. The molecule has 2 aliphatic rings. The van der Waals surface area contributed by atoms with Crippen molar-refractivity contribution in [3.05, 3.63) is 30.3 Å². The van der Waals surface area contributed by atoms with Gasteiger partial charge in [-0.2, -0.15) is 0 Å². The van der Waals surface area contributed by atoms with Crippen molar-refractivity contribution < 1.29 is 32.2 Å². The van der Waals surface area contributed by atoms with Crippen molar-refractivity contribution in [2.45, 2.75) is 42.2 Å². The van der Waals surface area contributed by atoms with Crippen LogP contribution in [0.4, 0.5) is 4.79 Å². The van der Waals surface area contributed by atoms with Gasteiger partial charge in [0.2, 0.25) is 0 Å². The largest absolute Gasteiger partial charge is 0.444 e. The molecule has 2 aliphatic heterocycles. The highest BCUT2D eigenvalue weighted by Crippen LogP contribution is 2.35. The first-order chi connectivity index (χ1) is 12.9. The number of rotatable bonds is 8. The van der Waals surface area contributed by atoms with Gasteiger partial charge in [0, 0.05) is 25.9 Å². The van der Waals surface area contributed by atoms with Crippen molar-refractivity contribution in [1.82, 2.24) is 5.32 Å². The van der Waals surface area contributed by atoms with E-state index in [4.69, 9.17) is 14.2 Å². The van der Waals surface area contributed by atoms with E-state index < -0.39 is 40.2 Å². The number of hydrogen-bond acceptors (Lipinski definition) is 7. The zero-order valence-electron chi connectivity index (χ0n) is 14.9. The maximum Gasteiger partial charge on any atom is 0.407 e. The molecule has 148 valence electrons. The molecule has 1 aromatic rings. The normalized spacial score (nSPS) is 30.7. The van der Waals surface area contributed by atoms with E-state index in [-0.39, 0.29) is 23.2 Å². The zero-order chi connectivity index (χ0) is 19.4. The van der Waals surface area contributed by atoms with E-state index >= 15 is 0 Å². The molecule has 1 amide bonds. The summed E-state index contributed by atoms with van der Waals surface area (Å²) < 4.78 is 42.3. The lowest BCUT2D eigenvalue weighted by Crippen LogP contribution is -2.36. The van der Waals surface area contributed by atoms with Gasteiger partial charge in [-0.1, -0.05) is 18.2 Å². The van der Waals surface area contributed by atoms with Gasteiger partial charge in [-0.05, 0) is 12.1 Å². The SMILES string of the molecule is CO[C@@H]1[C@@H](CS(=O)(=O)c2ccccc2)[C@H](CC=O)O[C@@H]1C[C@H]1CNC(=O)O1. The Hall–Kier alpha value is -1.97. The maximum absolute atomic E-state index is 12.8. The van der Waals surface area contributed by atoms with E-state index in [2.05, 4.69) is 5.32 Å². The second-order valence-corrected chi connectivity index (χ2v) is 8.75. The van der Waals surface area contributed by atoms with Gasteiger partial charge in [-0.15, -0.1) is 0 Å². The Kier molecular flexibility index (Phi) is 6.13. The number of alkyl carbamates (subject to hydrolysis) is 1. The second-order valence-electron chi connectivity index (χ2n) is 6.72. The minimum atomic E-state index is -3.57. The molecule has 27 heavy (non-hydrogen) atoms. The Labute approximate surface area is 158 Å². The number of carbonyl (C=O) groups is 2. The van der Waals surface area contributed by atoms with Crippen LogP contribution in [-0.2, 0) is 28.8 Å². The number of sulfone groups is 1. The number of methoxy groups -OCH3 is 1. The number of hydrogen-bond donors (Lipinski definition) is 1. The summed E-state index contributed by atoms with van der Waals surface area (Å²) in [6.45, 7) is 0.362. The standard InChI is InChI=1S/C18H23NO7S/c1-24-17-14(11-27(22,23)13-5-3-2-4-6-13)15(7-8-20)26-16(17)9-12-10-19-18(21)25-12/h2-6,8,12,14-17H,7,9-11H2,1H3,(H,19,21)/t12-,14-,15-,16+,17+/m0/s1. The second kappa shape index (κ2) is 8.37. The van der Waals surface area contributed by atoms with Crippen LogP contribution >= 0.6 is 0 Å². The number of ether oxygens (including phenoxy) is 3. The molecule has 3 rings (SSSR count). The van der Waals surface area contributed by atoms with E-state index in [1.165, 1.54) is 7.11 Å². The first kappa shape index (κ1) is 19.8. The first-order valence-corrected chi connectivity index (χ1v) is 10.4. The minimum Gasteiger partial charge on any atom is -0.444 e. The molecule has 2 heterocycles. The molecule has 1 aromatic carbocycles. The monoisotopic (exact) mass is 397 g/mol. The van der Waals surface area contributed by atoms with Gasteiger partial charge in [-0.25, -0.2) is 13.2 Å². The fourth-order valence-corrected chi connectivity index (χ4v) is 5.41. The zero-order valence-corrected chi connectivity index (χ0v) is 15.8. The molecular weight excluding hydrogens is 374 g/mol. The molecule has 2 fully saturated rings. The van der Waals surface area contributed by atoms with Crippen LogP contribution in [0.5, 0.6) is 0 Å². The van der Waals surface area contributed by atoms with Crippen molar-refractivity contribution in [1.29, 1.82) is 0 Å². The number of benzene rings is 1. The summed E-state index contributed by atoms with van der Waals surface area (Å²) >= 11 is 0. The highest BCUT2D eigenvalue weighted by molar-refractivity contribution is 7.91. The minimum absolute atomic E-state index is 0.0774. The van der Waals surface area contributed by atoms with Crippen molar-refractivity contribution in [3.63, 3.8) is 0 Å². The summed E-state index contributed by atoms with van der Waals surface area (Å²) in [5.41, 5.74) is 0. The van der Waals surface area contributed by atoms with E-state index in [0.29, 0.717) is 13.0 Å². The van der Waals surface area contributed by atoms with Crippen LogP contribution < -0.4 is 5.32 Å². The fourth-order valence-electron chi connectivity index (χ4n) is 3.73. The molecule has 0 bridgehead atoms. The molecule has 8 nitrogen and oxygen atoms in total. The van der Waals surface area contributed by atoms with Gasteiger partial charge in [0.05, 0.1) is 35.5 Å². The van der Waals surface area contributed by atoms with Crippen LogP contribution in [-0.4, -0.2) is 64.6 Å². The van der Waals surface area contributed by atoms with Crippen LogP contribution in [0.1, 0.15) is 12.8 Å². The van der Waals surface area contributed by atoms with Crippen LogP contribution in [0.2, 0.25) is 0 Å². The molecule has 1 N–H and O–H groups in total. The molecule has 0 unspecified atom stereocenters. The van der Waals surface area contributed by atoms with E-state index in [9.17, 15) is 18.0 Å². The van der Waals surface area contributed by atoms with Crippen LogP contribution in [0.25, 0.3) is 0 Å². The molecule has 0 aliphatic carbocycles. The maximum atomic E-state index is 12.8. The topological polar surface area (TPSA) is 108 Å². The Morgan fingerprint density at radius 1 is 1.26 bits per heavy atom. The van der Waals surface area contributed by atoms with E-state index in [1.807, 2.05) is 0 Å². The van der Waals surface area contributed by atoms with Crippen molar-refractivity contribution >= 4 is 22.2 Å². The number of carbonyl (C=O) groups excluding carboxylic acids is 2. The van der Waals surface area contributed by atoms with Crippen LogP contribution in [0, 0.1) is 5.92 Å². The third kappa shape index (κ3) is 4.48. The molecular formula is C18H23NO7S. The Bertz CT molecular complexity index is 767. The lowest BCUT2D eigenvalue weighted by atomic mass is 9.94. The van der Waals surface area contributed by atoms with Gasteiger partial charge < -0.3 is 24.3 Å². The molecule has 5 atom stereocenters. The lowest BCUT2D eigenvalue weighted by Gasteiger charge is -2.23. The lowest BCUT2D eigenvalue weighted by molar-refractivity contribution is -0.110. The van der Waals surface area contributed by atoms with Crippen molar-refractivity contribution in [2.75, 3.05) is 19.4 Å². The van der Waals surface area contributed by atoms with Gasteiger partial charge >= 0.3 is 6.09 Å². The average Bonchev–Trinajstić information content (AvgIpc) is 3.19. The quantitative estimate of drug-likeness (QED) is 0.651. The third-order valence-electron chi connectivity index (χ3n) is 4.97. The number of amides is 1. The Morgan fingerprint density at radius 2 is 2.00 bits per heavy atom. The highest BCUT2D eigenvalue weighted by atomic mass is 32.2. The molecule has 0 aromatic heterocycles. The Morgan fingerprint density at radius 3 is 2.59 bits per heavy atom. The number of aldehydes is 1. The van der Waals surface area contributed by atoms with E-state index in [0.717, 1.165) is 6.29 Å². The number of cyclic esters (lactones) is 1. The smallest absolute Gasteiger partial charge is 0.407 e. The van der Waals surface area contributed by atoms with Crippen molar-refractivity contribution in [2.24, 2.45) is 5.92 Å². The average molecular weight is 397 g/mol. The predicted molar refractivity (Wildman–Crippen MR) is 95.0 cm³/mol. The highest BCUT2D eigenvalue weighted by Gasteiger charge is 2.47. The van der Waals surface area contributed by atoms with E-state index in [1.54, 1.807) is 30.3 Å². The van der Waals surface area contributed by atoms with Gasteiger partial charge in [0.15, 0.2) is 9.84 Å². The molecule has 9 heteroatoms. The molecule has 2 saturated heterocycles. The summed E-state index contributed by atoms with van der Waals surface area (Å²) in [4.78, 5) is 22.5. The van der Waals surface area contributed by atoms with Gasteiger partial charge in [0.25, 0.3) is 0 Å². The Balaban J connectivity index is 1.78. The van der Waals surface area contributed by atoms with Crippen molar-refractivity contribution in [3.8, 4) is 0 Å². The molecule has 0 saturated carbocycles. The van der Waals surface area contributed by atoms with Crippen LogP contribution in [0.3, 0.4) is 0 Å². The summed E-state index contributed by atoms with van der Waals surface area (Å²) in [5, 5.41) is 2.57.